The van der Waals surface area contributed by atoms with Gasteiger partial charge in [0.25, 0.3) is 0 Å². The first kappa shape index (κ1) is 31.1. The predicted molar refractivity (Wildman–Crippen MR) is 114 cm³/mol. The second-order valence-electron chi connectivity index (χ2n) is 7.33. The maximum atomic E-state index is 7.57. The molecule has 0 saturated heterocycles. The van der Waals surface area contributed by atoms with E-state index in [9.17, 15) is 0 Å². The molecule has 0 aliphatic heterocycles. The fourth-order valence-corrected chi connectivity index (χ4v) is 1.82. The first-order chi connectivity index (χ1) is 12.2. The zero-order chi connectivity index (χ0) is 20.6. The number of allylic oxidation sites excluding steroid dienone is 4. The second kappa shape index (κ2) is 17.5. The van der Waals surface area contributed by atoms with Gasteiger partial charge in [-0.15, -0.1) is 12.1 Å². The van der Waals surface area contributed by atoms with Crippen molar-refractivity contribution in [1.82, 2.24) is 4.98 Å². The molecule has 2 N–H and O–H groups in total. The van der Waals surface area contributed by atoms with E-state index < -0.39 is 0 Å². The van der Waals surface area contributed by atoms with Gasteiger partial charge in [-0.3, -0.25) is 6.08 Å². The Morgan fingerprint density at radius 1 is 1.04 bits per heavy atom. The topological polar surface area (TPSA) is 53.4 Å². The van der Waals surface area contributed by atoms with Crippen molar-refractivity contribution in [2.24, 2.45) is 0 Å². The molecule has 0 unspecified atom stereocenters. The van der Waals surface area contributed by atoms with E-state index in [0.717, 1.165) is 19.3 Å². The van der Waals surface area contributed by atoms with Gasteiger partial charge in [-0.05, 0) is 24.7 Å². The average Bonchev–Trinajstić information content (AvgIpc) is 3.31. The van der Waals surface area contributed by atoms with Gasteiger partial charge >= 0.3 is 21.7 Å². The molecule has 2 rings (SSSR count). The number of aliphatic hydroxyl groups is 2. The van der Waals surface area contributed by atoms with Crippen molar-refractivity contribution in [3.05, 3.63) is 47.8 Å². The zero-order valence-corrected chi connectivity index (χ0v) is 20.3. The normalized spacial score (nSPS) is 11.9. The number of rotatable bonds is 4. The van der Waals surface area contributed by atoms with E-state index >= 15 is 0 Å². The molecular weight excluding hydrogens is 370 g/mol. The molecule has 3 nitrogen and oxygen atoms in total. The van der Waals surface area contributed by atoms with Crippen LogP contribution < -0.4 is 0 Å². The van der Waals surface area contributed by atoms with Gasteiger partial charge in [-0.2, -0.15) is 18.2 Å². The van der Waals surface area contributed by atoms with Crippen LogP contribution in [0.4, 0.5) is 0 Å². The number of aliphatic hydroxyl groups excluding tert-OH is 2. The molecule has 1 heterocycles. The molecule has 27 heavy (non-hydrogen) atoms. The van der Waals surface area contributed by atoms with Crippen molar-refractivity contribution in [1.29, 1.82) is 0 Å². The zero-order valence-electron chi connectivity index (χ0n) is 18.8. The van der Waals surface area contributed by atoms with Gasteiger partial charge in [0.1, 0.15) is 0 Å². The van der Waals surface area contributed by atoms with Crippen LogP contribution in [0, 0.1) is 6.08 Å². The third-order valence-electron chi connectivity index (χ3n) is 4.38. The van der Waals surface area contributed by atoms with Crippen molar-refractivity contribution in [2.75, 3.05) is 13.2 Å². The van der Waals surface area contributed by atoms with Crippen LogP contribution in [-0.2, 0) is 32.5 Å². The van der Waals surface area contributed by atoms with Crippen molar-refractivity contribution in [3.63, 3.8) is 0 Å². The Morgan fingerprint density at radius 2 is 1.56 bits per heavy atom. The van der Waals surface area contributed by atoms with Gasteiger partial charge in [-0.1, -0.05) is 60.1 Å². The quantitative estimate of drug-likeness (QED) is 0.510. The van der Waals surface area contributed by atoms with E-state index in [1.165, 1.54) is 11.4 Å². The van der Waals surface area contributed by atoms with Gasteiger partial charge in [0, 0.05) is 13.2 Å². The minimum Gasteiger partial charge on any atom is -0.397 e. The summed E-state index contributed by atoms with van der Waals surface area (Å²) in [5, 5.41) is 15.1. The fraction of sp³-hybridized carbons (Fsp3) is 0.652. The van der Waals surface area contributed by atoms with Gasteiger partial charge in [0.2, 0.25) is 0 Å². The summed E-state index contributed by atoms with van der Waals surface area (Å²) < 4.78 is 0. The minimum atomic E-state index is 0. The Labute approximate surface area is 183 Å². The largest absolute Gasteiger partial charge is 2.00 e. The van der Waals surface area contributed by atoms with Crippen LogP contribution in [0.15, 0.2) is 30.4 Å². The SMILES string of the molecule is CCC(C)(C)c1cc[c-](C(C)(C)CC)n1.CCO.CCO.[C-]1=CC=CC1.[Ti+2]. The van der Waals surface area contributed by atoms with E-state index in [-0.39, 0.29) is 45.8 Å². The number of aromatic nitrogens is 1. The van der Waals surface area contributed by atoms with Crippen LogP contribution in [0.5, 0.6) is 0 Å². The molecular formula is C23H41NO2Ti. The molecule has 0 radical (unpaired) electrons. The van der Waals surface area contributed by atoms with E-state index in [1.54, 1.807) is 13.8 Å². The molecule has 1 aliphatic rings. The molecule has 0 saturated carbocycles. The molecule has 0 aromatic carbocycles. The maximum absolute atomic E-state index is 7.57. The first-order valence-corrected chi connectivity index (χ1v) is 9.74. The average molecular weight is 411 g/mol. The predicted octanol–water partition coefficient (Wildman–Crippen LogP) is 5.48. The molecule has 0 bridgehead atoms. The summed E-state index contributed by atoms with van der Waals surface area (Å²) >= 11 is 0. The molecule has 0 atom stereocenters. The van der Waals surface area contributed by atoms with Crippen molar-refractivity contribution < 1.29 is 31.9 Å². The van der Waals surface area contributed by atoms with Crippen LogP contribution in [0.25, 0.3) is 0 Å². The summed E-state index contributed by atoms with van der Waals surface area (Å²) in [6, 6.07) is 4.38. The van der Waals surface area contributed by atoms with Crippen molar-refractivity contribution >= 4 is 0 Å². The Bertz CT molecular complexity index is 460. The third kappa shape index (κ3) is 14.1. The summed E-state index contributed by atoms with van der Waals surface area (Å²) in [6.07, 6.45) is 12.3. The Kier molecular flexibility index (Phi) is 20.1. The van der Waals surface area contributed by atoms with E-state index in [1.807, 2.05) is 12.2 Å². The summed E-state index contributed by atoms with van der Waals surface area (Å²) in [6.45, 7) is 17.4. The Morgan fingerprint density at radius 3 is 1.85 bits per heavy atom. The summed E-state index contributed by atoms with van der Waals surface area (Å²) in [5.41, 5.74) is 2.90. The van der Waals surface area contributed by atoms with Gasteiger partial charge in [0.15, 0.2) is 0 Å². The molecule has 0 amide bonds. The molecule has 0 spiro atoms. The van der Waals surface area contributed by atoms with Crippen LogP contribution in [0.1, 0.15) is 86.0 Å². The number of nitrogens with zero attached hydrogens (tertiary/aromatic N) is 1. The maximum Gasteiger partial charge on any atom is 2.00 e. The fourth-order valence-electron chi connectivity index (χ4n) is 1.82. The Hall–Kier alpha value is -0.606. The molecule has 154 valence electrons. The van der Waals surface area contributed by atoms with Gasteiger partial charge in [0.05, 0.1) is 0 Å². The molecule has 0 fully saturated rings. The molecule has 4 heteroatoms. The summed E-state index contributed by atoms with van der Waals surface area (Å²) in [4.78, 5) is 4.80. The molecule has 1 aliphatic carbocycles. The van der Waals surface area contributed by atoms with Crippen molar-refractivity contribution in [2.45, 2.75) is 85.5 Å². The van der Waals surface area contributed by atoms with Crippen LogP contribution in [-0.4, -0.2) is 28.4 Å². The third-order valence-corrected chi connectivity index (χ3v) is 4.38. The second-order valence-corrected chi connectivity index (χ2v) is 7.33. The van der Waals surface area contributed by atoms with E-state index in [2.05, 4.69) is 65.8 Å². The minimum absolute atomic E-state index is 0. The first-order valence-electron chi connectivity index (χ1n) is 9.74. The smallest absolute Gasteiger partial charge is 0.397 e. The molecule has 1 aromatic heterocycles. The summed E-state index contributed by atoms with van der Waals surface area (Å²) in [5.74, 6) is 0. The standard InChI is InChI=1S/C14H24N.C5H5.2C2H6O.Ti/c1-7-13(3,4)11-9-10-12(15-11)14(5,6)8-2;1-2-4-5-3-1;2*1-2-3;/h9-10H,7-8H2,1-6H3;1-3H,4H2;2*3H,2H2,1H3;/q2*-1;;;+2. The number of hydrogen-bond acceptors (Lipinski definition) is 3. The summed E-state index contributed by atoms with van der Waals surface area (Å²) in [7, 11) is 0. The van der Waals surface area contributed by atoms with Crippen molar-refractivity contribution in [3.8, 4) is 0 Å². The van der Waals surface area contributed by atoms with E-state index in [0.29, 0.717) is 0 Å². The molecule has 1 aromatic rings. The monoisotopic (exact) mass is 411 g/mol. The van der Waals surface area contributed by atoms with Gasteiger partial charge < -0.3 is 15.2 Å². The van der Waals surface area contributed by atoms with Crippen LogP contribution >= 0.6 is 0 Å². The van der Waals surface area contributed by atoms with E-state index in [4.69, 9.17) is 15.2 Å². The number of hydrogen-bond donors (Lipinski definition) is 2. The van der Waals surface area contributed by atoms with Gasteiger partial charge in [-0.25, -0.2) is 12.2 Å². The Balaban J connectivity index is -0.000000395. The van der Waals surface area contributed by atoms with Crippen LogP contribution in [0.2, 0.25) is 0 Å². The van der Waals surface area contributed by atoms with Crippen LogP contribution in [0.3, 0.4) is 0 Å².